The second-order valence-electron chi connectivity index (χ2n) is 4.95. The van der Waals surface area contributed by atoms with Crippen molar-refractivity contribution in [1.29, 1.82) is 0 Å². The van der Waals surface area contributed by atoms with Crippen molar-refractivity contribution in [3.8, 4) is 0 Å². The van der Waals surface area contributed by atoms with E-state index in [0.29, 0.717) is 26.3 Å². The van der Waals surface area contributed by atoms with Crippen molar-refractivity contribution in [1.82, 2.24) is 0 Å². The average molecular weight is 433 g/mol. The van der Waals surface area contributed by atoms with E-state index >= 15 is 0 Å². The summed E-state index contributed by atoms with van der Waals surface area (Å²) in [6, 6.07) is 4.88. The number of anilines is 2. The first-order valence-electron chi connectivity index (χ1n) is 7.11. The fourth-order valence-corrected chi connectivity index (χ4v) is 3.82. The number of carbonyl (C=O) groups is 2. The van der Waals surface area contributed by atoms with E-state index in [0.717, 1.165) is 11.3 Å². The Balaban J connectivity index is 2.32. The third kappa shape index (κ3) is 4.45. The van der Waals surface area contributed by atoms with E-state index in [1.807, 2.05) is 0 Å². The lowest BCUT2D eigenvalue weighted by Crippen LogP contribution is -2.20. The minimum atomic E-state index is -0.597. The normalized spacial score (nSPS) is 10.2. The van der Waals surface area contributed by atoms with Gasteiger partial charge in [0.2, 0.25) is 0 Å². The van der Waals surface area contributed by atoms with E-state index in [-0.39, 0.29) is 15.6 Å². The van der Waals surface area contributed by atoms with Crippen LogP contribution in [-0.4, -0.2) is 31.3 Å². The second-order valence-corrected chi connectivity index (χ2v) is 7.22. The number of ether oxygens (including phenoxy) is 2. The molecule has 1 heterocycles. The Bertz CT molecular complexity index is 883. The van der Waals surface area contributed by atoms with Gasteiger partial charge in [-0.05, 0) is 42.9 Å². The quantitative estimate of drug-likeness (QED) is 0.533. The van der Waals surface area contributed by atoms with Gasteiger partial charge in [-0.1, -0.05) is 23.2 Å². The highest BCUT2D eigenvalue weighted by atomic mass is 35.5. The number of benzene rings is 1. The molecule has 0 saturated carbocycles. The fraction of sp³-hybridized carbons (Fsp3) is 0.188. The first-order chi connectivity index (χ1) is 12.3. The molecular formula is C16H14Cl2N2O4S2. The number of thiophene rings is 1. The van der Waals surface area contributed by atoms with Crippen molar-refractivity contribution in [2.75, 3.05) is 24.9 Å². The van der Waals surface area contributed by atoms with Crippen LogP contribution in [0.25, 0.3) is 0 Å². The van der Waals surface area contributed by atoms with Crippen molar-refractivity contribution >= 4 is 74.5 Å². The van der Waals surface area contributed by atoms with E-state index in [9.17, 15) is 9.59 Å². The highest BCUT2D eigenvalue weighted by molar-refractivity contribution is 7.80. The molecule has 0 bridgehead atoms. The summed E-state index contributed by atoms with van der Waals surface area (Å²) >= 11 is 18.3. The molecule has 0 amide bonds. The van der Waals surface area contributed by atoms with E-state index in [1.165, 1.54) is 14.2 Å². The molecule has 138 valence electrons. The predicted molar refractivity (Wildman–Crippen MR) is 108 cm³/mol. The van der Waals surface area contributed by atoms with Crippen LogP contribution in [0.1, 0.15) is 25.6 Å². The Hall–Kier alpha value is -1.87. The summed E-state index contributed by atoms with van der Waals surface area (Å²) in [6.07, 6.45) is 0. The Kier molecular flexibility index (Phi) is 6.82. The maximum atomic E-state index is 12.1. The fourth-order valence-electron chi connectivity index (χ4n) is 2.09. The minimum Gasteiger partial charge on any atom is -0.465 e. The lowest BCUT2D eigenvalue weighted by atomic mass is 10.1. The molecular weight excluding hydrogens is 419 g/mol. The monoisotopic (exact) mass is 432 g/mol. The topological polar surface area (TPSA) is 76.7 Å². The standard InChI is InChI=1S/C16H14Cl2N2O4S2/c1-7-11(14(21)23-2)13(26-12(7)15(22)24-3)20-16(25)19-10-6-8(17)4-5-9(10)18/h4-6H,1-3H3,(H2,19,20,25). The van der Waals surface area contributed by atoms with Crippen LogP contribution in [-0.2, 0) is 9.47 Å². The number of carbonyl (C=O) groups excluding carboxylic acids is 2. The summed E-state index contributed by atoms with van der Waals surface area (Å²) in [7, 11) is 2.52. The number of hydrogen-bond acceptors (Lipinski definition) is 6. The molecule has 10 heteroatoms. The maximum absolute atomic E-state index is 12.1. The summed E-state index contributed by atoms with van der Waals surface area (Å²) in [4.78, 5) is 24.3. The third-order valence-corrected chi connectivity index (χ3v) is 5.27. The maximum Gasteiger partial charge on any atom is 0.348 e. The van der Waals surface area contributed by atoms with Crippen molar-refractivity contribution in [3.63, 3.8) is 0 Å². The Morgan fingerprint density at radius 3 is 2.38 bits per heavy atom. The van der Waals surface area contributed by atoms with Crippen LogP contribution in [0.4, 0.5) is 10.7 Å². The lowest BCUT2D eigenvalue weighted by Gasteiger charge is -2.12. The number of thiocarbonyl (C=S) groups is 1. The van der Waals surface area contributed by atoms with Crippen molar-refractivity contribution in [3.05, 3.63) is 44.2 Å². The van der Waals surface area contributed by atoms with Gasteiger partial charge in [-0.15, -0.1) is 11.3 Å². The predicted octanol–water partition coefficient (Wildman–Crippen LogP) is 4.75. The average Bonchev–Trinajstić information content (AvgIpc) is 2.92. The first-order valence-corrected chi connectivity index (χ1v) is 9.09. The molecule has 6 nitrogen and oxygen atoms in total. The zero-order valence-electron chi connectivity index (χ0n) is 13.9. The molecule has 0 saturated heterocycles. The van der Waals surface area contributed by atoms with Crippen molar-refractivity contribution < 1.29 is 19.1 Å². The van der Waals surface area contributed by atoms with Gasteiger partial charge in [0.1, 0.15) is 9.88 Å². The molecule has 26 heavy (non-hydrogen) atoms. The van der Waals surface area contributed by atoms with Gasteiger partial charge in [0.25, 0.3) is 0 Å². The van der Waals surface area contributed by atoms with Gasteiger partial charge in [0, 0.05) is 5.02 Å². The van der Waals surface area contributed by atoms with Crippen LogP contribution in [0.15, 0.2) is 18.2 Å². The van der Waals surface area contributed by atoms with Crippen molar-refractivity contribution in [2.24, 2.45) is 0 Å². The summed E-state index contributed by atoms with van der Waals surface area (Å²) in [5.74, 6) is -1.15. The zero-order valence-corrected chi connectivity index (χ0v) is 17.1. The number of esters is 2. The first kappa shape index (κ1) is 20.4. The SMILES string of the molecule is COC(=O)c1sc(NC(=S)Nc2cc(Cl)ccc2Cl)c(C(=O)OC)c1C. The van der Waals surface area contributed by atoms with E-state index in [2.05, 4.69) is 10.6 Å². The van der Waals surface area contributed by atoms with E-state index < -0.39 is 11.9 Å². The van der Waals surface area contributed by atoms with Crippen LogP contribution in [0.5, 0.6) is 0 Å². The van der Waals surface area contributed by atoms with Gasteiger partial charge in [0.05, 0.1) is 30.5 Å². The van der Waals surface area contributed by atoms with Crippen LogP contribution < -0.4 is 10.6 Å². The molecule has 1 aromatic heterocycles. The summed E-state index contributed by atoms with van der Waals surface area (Å²) < 4.78 is 9.53. The van der Waals surface area contributed by atoms with Crippen LogP contribution in [0.3, 0.4) is 0 Å². The highest BCUT2D eigenvalue weighted by Crippen LogP contribution is 2.34. The van der Waals surface area contributed by atoms with Gasteiger partial charge in [0.15, 0.2) is 5.11 Å². The molecule has 0 aliphatic heterocycles. The van der Waals surface area contributed by atoms with Gasteiger partial charge >= 0.3 is 11.9 Å². The lowest BCUT2D eigenvalue weighted by molar-refractivity contribution is 0.0601. The molecule has 0 atom stereocenters. The molecule has 2 aromatic rings. The molecule has 2 N–H and O–H groups in total. The molecule has 2 rings (SSSR count). The molecule has 1 aromatic carbocycles. The molecule has 0 aliphatic rings. The third-order valence-electron chi connectivity index (χ3n) is 3.31. The van der Waals surface area contributed by atoms with Crippen LogP contribution in [0.2, 0.25) is 10.0 Å². The highest BCUT2D eigenvalue weighted by Gasteiger charge is 2.26. The number of methoxy groups -OCH3 is 2. The number of rotatable bonds is 4. The van der Waals surface area contributed by atoms with Gasteiger partial charge in [-0.2, -0.15) is 0 Å². The molecule has 0 fully saturated rings. The largest absolute Gasteiger partial charge is 0.465 e. The van der Waals surface area contributed by atoms with E-state index in [4.69, 9.17) is 44.9 Å². The molecule has 0 unspecified atom stereocenters. The van der Waals surface area contributed by atoms with Crippen LogP contribution >= 0.6 is 46.8 Å². The summed E-state index contributed by atoms with van der Waals surface area (Å²) in [5, 5.41) is 7.21. The van der Waals surface area contributed by atoms with Gasteiger partial charge in [-0.3, -0.25) is 0 Å². The zero-order chi connectivity index (χ0) is 19.4. The second kappa shape index (κ2) is 8.68. The molecule has 0 spiro atoms. The van der Waals surface area contributed by atoms with Crippen molar-refractivity contribution in [2.45, 2.75) is 6.92 Å². The molecule has 0 aliphatic carbocycles. The Morgan fingerprint density at radius 2 is 1.77 bits per heavy atom. The number of halogens is 2. The summed E-state index contributed by atoms with van der Waals surface area (Å²) in [6.45, 7) is 1.63. The number of nitrogens with one attached hydrogen (secondary N) is 2. The number of hydrogen-bond donors (Lipinski definition) is 2. The summed E-state index contributed by atoms with van der Waals surface area (Å²) in [5.41, 5.74) is 1.15. The van der Waals surface area contributed by atoms with Gasteiger partial charge in [-0.25, -0.2) is 9.59 Å². The Labute approximate surface area is 169 Å². The molecule has 0 radical (unpaired) electrons. The van der Waals surface area contributed by atoms with Gasteiger partial charge < -0.3 is 20.1 Å². The van der Waals surface area contributed by atoms with Crippen LogP contribution in [0, 0.1) is 6.92 Å². The van der Waals surface area contributed by atoms with E-state index in [1.54, 1.807) is 25.1 Å². The Morgan fingerprint density at radius 1 is 1.12 bits per heavy atom. The smallest absolute Gasteiger partial charge is 0.348 e. The minimum absolute atomic E-state index is 0.164.